The molecule has 2 unspecified atom stereocenters. The first-order valence-electron chi connectivity index (χ1n) is 3.15. The van der Waals surface area contributed by atoms with Crippen LogP contribution in [-0.4, -0.2) is 18.5 Å². The van der Waals surface area contributed by atoms with Crippen molar-refractivity contribution in [1.29, 1.82) is 0 Å². The Hall–Kier alpha value is 0.250. The number of halogens is 1. The molecule has 8 heavy (non-hydrogen) atoms. The van der Waals surface area contributed by atoms with E-state index in [-0.39, 0.29) is 0 Å². The number of hydrogen-bond donors (Lipinski definition) is 1. The molecule has 0 aromatic carbocycles. The van der Waals surface area contributed by atoms with Crippen molar-refractivity contribution in [3.05, 3.63) is 0 Å². The van der Waals surface area contributed by atoms with Gasteiger partial charge >= 0.3 is 0 Å². The molecule has 2 heteroatoms. The maximum absolute atomic E-state index is 5.84. The molecule has 0 saturated carbocycles. The topological polar surface area (TPSA) is 12.0 Å². The third kappa shape index (κ3) is 1.36. The average molecular weight is 134 g/mol. The SMILES string of the molecule is CC(Cl)C1CCNC1. The van der Waals surface area contributed by atoms with Gasteiger partial charge in [-0.15, -0.1) is 11.6 Å². The molecule has 0 aromatic heterocycles. The van der Waals surface area contributed by atoms with E-state index in [4.69, 9.17) is 11.6 Å². The van der Waals surface area contributed by atoms with Crippen molar-refractivity contribution in [2.75, 3.05) is 13.1 Å². The van der Waals surface area contributed by atoms with E-state index in [1.54, 1.807) is 0 Å². The number of nitrogens with one attached hydrogen (secondary N) is 1. The molecule has 1 aliphatic rings. The highest BCUT2D eigenvalue weighted by atomic mass is 35.5. The van der Waals surface area contributed by atoms with E-state index in [2.05, 4.69) is 12.2 Å². The highest BCUT2D eigenvalue weighted by Crippen LogP contribution is 2.16. The summed E-state index contributed by atoms with van der Waals surface area (Å²) in [5.74, 6) is 0.719. The summed E-state index contributed by atoms with van der Waals surface area (Å²) in [4.78, 5) is 0. The summed E-state index contributed by atoms with van der Waals surface area (Å²) in [7, 11) is 0. The van der Waals surface area contributed by atoms with Crippen molar-refractivity contribution >= 4 is 11.6 Å². The normalized spacial score (nSPS) is 33.0. The molecule has 48 valence electrons. The molecule has 0 amide bonds. The Labute approximate surface area is 55.4 Å². The maximum Gasteiger partial charge on any atom is 0.0348 e. The minimum Gasteiger partial charge on any atom is -0.316 e. The van der Waals surface area contributed by atoms with Gasteiger partial charge in [0.1, 0.15) is 0 Å². The lowest BCUT2D eigenvalue weighted by Gasteiger charge is -2.08. The van der Waals surface area contributed by atoms with Gasteiger partial charge in [0, 0.05) is 5.38 Å². The van der Waals surface area contributed by atoms with Crippen LogP contribution >= 0.6 is 11.6 Å². The van der Waals surface area contributed by atoms with Crippen LogP contribution in [0, 0.1) is 5.92 Å². The zero-order chi connectivity index (χ0) is 5.98. The van der Waals surface area contributed by atoms with Gasteiger partial charge in [-0.2, -0.15) is 0 Å². The highest BCUT2D eigenvalue weighted by Gasteiger charge is 2.18. The van der Waals surface area contributed by atoms with Gasteiger partial charge in [0.2, 0.25) is 0 Å². The van der Waals surface area contributed by atoms with Gasteiger partial charge in [0.15, 0.2) is 0 Å². The van der Waals surface area contributed by atoms with Crippen LogP contribution in [0.25, 0.3) is 0 Å². The van der Waals surface area contributed by atoms with Crippen LogP contribution in [-0.2, 0) is 0 Å². The van der Waals surface area contributed by atoms with E-state index in [1.807, 2.05) is 0 Å². The Morgan fingerprint density at radius 1 is 1.75 bits per heavy atom. The fourth-order valence-corrected chi connectivity index (χ4v) is 1.28. The summed E-state index contributed by atoms with van der Waals surface area (Å²) in [5.41, 5.74) is 0. The van der Waals surface area contributed by atoms with Gasteiger partial charge in [-0.1, -0.05) is 0 Å². The van der Waals surface area contributed by atoms with Crippen molar-refractivity contribution in [2.45, 2.75) is 18.7 Å². The third-order valence-electron chi connectivity index (χ3n) is 1.75. The van der Waals surface area contributed by atoms with E-state index < -0.39 is 0 Å². The van der Waals surface area contributed by atoms with Gasteiger partial charge in [-0.25, -0.2) is 0 Å². The Bertz CT molecular complexity index is 66.9. The second kappa shape index (κ2) is 2.70. The fraction of sp³-hybridized carbons (Fsp3) is 1.00. The molecule has 0 aliphatic carbocycles. The van der Waals surface area contributed by atoms with Crippen LogP contribution in [0.1, 0.15) is 13.3 Å². The molecule has 1 rings (SSSR count). The zero-order valence-corrected chi connectivity index (χ0v) is 5.91. The lowest BCUT2D eigenvalue weighted by molar-refractivity contribution is 0.571. The van der Waals surface area contributed by atoms with Gasteiger partial charge < -0.3 is 5.32 Å². The maximum atomic E-state index is 5.84. The monoisotopic (exact) mass is 133 g/mol. The summed E-state index contributed by atoms with van der Waals surface area (Å²) in [6, 6.07) is 0. The molecule has 2 atom stereocenters. The molecule has 1 fully saturated rings. The molecule has 0 radical (unpaired) electrons. The first-order valence-corrected chi connectivity index (χ1v) is 3.59. The van der Waals surface area contributed by atoms with E-state index in [9.17, 15) is 0 Å². The van der Waals surface area contributed by atoms with Crippen molar-refractivity contribution in [1.82, 2.24) is 5.32 Å². The summed E-state index contributed by atoms with van der Waals surface area (Å²) < 4.78 is 0. The molecule has 0 bridgehead atoms. The highest BCUT2D eigenvalue weighted by molar-refractivity contribution is 6.20. The van der Waals surface area contributed by atoms with E-state index >= 15 is 0 Å². The second-order valence-corrected chi connectivity index (χ2v) is 3.12. The Morgan fingerprint density at radius 3 is 2.75 bits per heavy atom. The van der Waals surface area contributed by atoms with Crippen LogP contribution in [0.2, 0.25) is 0 Å². The summed E-state index contributed by atoms with van der Waals surface area (Å²) in [6.45, 7) is 4.34. The Balaban J connectivity index is 2.24. The standard InChI is InChI=1S/C6H12ClN/c1-5(7)6-2-3-8-4-6/h5-6,8H,2-4H2,1H3. The van der Waals surface area contributed by atoms with E-state index in [0.29, 0.717) is 5.38 Å². The predicted molar refractivity (Wildman–Crippen MR) is 36.3 cm³/mol. The second-order valence-electron chi connectivity index (χ2n) is 2.43. The predicted octanol–water partition coefficient (Wildman–Crippen LogP) is 1.22. The van der Waals surface area contributed by atoms with Crippen molar-refractivity contribution < 1.29 is 0 Å². The molecule has 1 aliphatic heterocycles. The zero-order valence-electron chi connectivity index (χ0n) is 5.15. The number of alkyl halides is 1. The molecule has 0 aromatic rings. The lowest BCUT2D eigenvalue weighted by Crippen LogP contribution is -2.14. The first-order chi connectivity index (χ1) is 3.80. The van der Waals surface area contributed by atoms with E-state index in [1.165, 1.54) is 6.42 Å². The van der Waals surface area contributed by atoms with Crippen molar-refractivity contribution in [2.24, 2.45) is 5.92 Å². The number of rotatable bonds is 1. The van der Waals surface area contributed by atoms with Crippen LogP contribution in [0.15, 0.2) is 0 Å². The van der Waals surface area contributed by atoms with E-state index in [0.717, 1.165) is 19.0 Å². The third-order valence-corrected chi connectivity index (χ3v) is 2.10. The molecule has 0 spiro atoms. The smallest absolute Gasteiger partial charge is 0.0348 e. The number of hydrogen-bond acceptors (Lipinski definition) is 1. The summed E-state index contributed by atoms with van der Waals surface area (Å²) in [5, 5.41) is 3.62. The minimum atomic E-state index is 0.352. The molecule has 1 heterocycles. The lowest BCUT2D eigenvalue weighted by atomic mass is 10.1. The molecule has 1 saturated heterocycles. The Kier molecular flexibility index (Phi) is 2.15. The van der Waals surface area contributed by atoms with Crippen LogP contribution in [0.3, 0.4) is 0 Å². The average Bonchev–Trinajstić information content (AvgIpc) is 2.12. The molecule has 1 nitrogen and oxygen atoms in total. The van der Waals surface area contributed by atoms with Crippen LogP contribution in [0.5, 0.6) is 0 Å². The van der Waals surface area contributed by atoms with Gasteiger partial charge in [-0.3, -0.25) is 0 Å². The van der Waals surface area contributed by atoms with Crippen LogP contribution < -0.4 is 5.32 Å². The summed E-state index contributed by atoms with van der Waals surface area (Å²) in [6.07, 6.45) is 1.25. The largest absolute Gasteiger partial charge is 0.316 e. The molecular formula is C6H12ClN. The molecular weight excluding hydrogens is 122 g/mol. The quantitative estimate of drug-likeness (QED) is 0.531. The fourth-order valence-electron chi connectivity index (χ4n) is 1.07. The van der Waals surface area contributed by atoms with Crippen LogP contribution in [0.4, 0.5) is 0 Å². The van der Waals surface area contributed by atoms with Gasteiger partial charge in [0.05, 0.1) is 0 Å². The van der Waals surface area contributed by atoms with Gasteiger partial charge in [0.25, 0.3) is 0 Å². The molecule has 1 N–H and O–H groups in total. The first kappa shape index (κ1) is 6.37. The van der Waals surface area contributed by atoms with Gasteiger partial charge in [-0.05, 0) is 32.4 Å². The van der Waals surface area contributed by atoms with Crippen molar-refractivity contribution in [3.8, 4) is 0 Å². The Morgan fingerprint density at radius 2 is 2.50 bits per heavy atom. The van der Waals surface area contributed by atoms with Crippen molar-refractivity contribution in [3.63, 3.8) is 0 Å². The summed E-state index contributed by atoms with van der Waals surface area (Å²) >= 11 is 5.84. The minimum absolute atomic E-state index is 0.352.